The highest BCUT2D eigenvalue weighted by Gasteiger charge is 2.11. The monoisotopic (exact) mass is 288 g/mol. The largest absolute Gasteiger partial charge is 0.383 e. The van der Waals surface area contributed by atoms with E-state index in [1.54, 1.807) is 11.8 Å². The van der Waals surface area contributed by atoms with E-state index in [0.29, 0.717) is 24.7 Å². The van der Waals surface area contributed by atoms with Gasteiger partial charge in [0.1, 0.15) is 6.54 Å². The number of hydrogen-bond acceptors (Lipinski definition) is 4. The Labute approximate surface area is 118 Å². The van der Waals surface area contributed by atoms with E-state index in [-0.39, 0.29) is 12.5 Å². The van der Waals surface area contributed by atoms with E-state index in [1.807, 2.05) is 13.8 Å². The van der Waals surface area contributed by atoms with Gasteiger partial charge in [-0.2, -0.15) is 5.10 Å². The maximum absolute atomic E-state index is 11.7. The lowest BCUT2D eigenvalue weighted by Gasteiger charge is -2.07. The maximum atomic E-state index is 11.7. The van der Waals surface area contributed by atoms with Crippen LogP contribution in [0.3, 0.4) is 0 Å². The van der Waals surface area contributed by atoms with Gasteiger partial charge in [0.15, 0.2) is 0 Å². The Morgan fingerprint density at radius 3 is 2.68 bits per heavy atom. The third-order valence-electron chi connectivity index (χ3n) is 2.69. The molecule has 0 saturated heterocycles. The zero-order valence-corrected chi connectivity index (χ0v) is 12.4. The van der Waals surface area contributed by atoms with Crippen LogP contribution in [0.1, 0.15) is 11.4 Å². The number of hydrogen-bond donors (Lipinski definition) is 2. The highest BCUT2D eigenvalue weighted by atomic mass is 35.5. The molecule has 0 saturated carbocycles. The van der Waals surface area contributed by atoms with Crippen LogP contribution in [0, 0.1) is 13.8 Å². The fourth-order valence-corrected chi connectivity index (χ4v) is 1.75. The van der Waals surface area contributed by atoms with E-state index in [9.17, 15) is 4.79 Å². The van der Waals surface area contributed by atoms with Crippen molar-refractivity contribution in [3.8, 4) is 0 Å². The van der Waals surface area contributed by atoms with Gasteiger partial charge in [0, 0.05) is 26.7 Å². The van der Waals surface area contributed by atoms with Gasteiger partial charge in [0.05, 0.1) is 23.0 Å². The van der Waals surface area contributed by atoms with Gasteiger partial charge in [0.2, 0.25) is 5.91 Å². The molecular weight excluding hydrogens is 268 g/mol. The van der Waals surface area contributed by atoms with E-state index in [0.717, 1.165) is 17.9 Å². The van der Waals surface area contributed by atoms with Gasteiger partial charge in [-0.05, 0) is 13.8 Å². The first-order chi connectivity index (χ1) is 9.06. The normalized spacial score (nSPS) is 10.7. The second-order valence-electron chi connectivity index (χ2n) is 4.24. The van der Waals surface area contributed by atoms with Crippen molar-refractivity contribution in [1.82, 2.24) is 20.4 Å². The Morgan fingerprint density at radius 1 is 1.37 bits per heavy atom. The molecule has 0 atom stereocenters. The molecule has 19 heavy (non-hydrogen) atoms. The van der Waals surface area contributed by atoms with E-state index >= 15 is 0 Å². The molecule has 1 aromatic heterocycles. The molecule has 0 aliphatic carbocycles. The molecule has 0 bridgehead atoms. The number of nitrogens with zero attached hydrogens (tertiary/aromatic N) is 2. The molecule has 0 spiro atoms. The number of aryl methyl sites for hydroxylation is 1. The highest BCUT2D eigenvalue weighted by Crippen LogP contribution is 2.18. The van der Waals surface area contributed by atoms with Crippen LogP contribution in [0.15, 0.2) is 0 Å². The summed E-state index contributed by atoms with van der Waals surface area (Å²) in [4.78, 5) is 11.7. The summed E-state index contributed by atoms with van der Waals surface area (Å²) in [5.74, 6) is -0.0733. The van der Waals surface area contributed by atoms with Crippen molar-refractivity contribution in [2.24, 2.45) is 0 Å². The molecule has 6 nitrogen and oxygen atoms in total. The Hall–Kier alpha value is -1.11. The summed E-state index contributed by atoms with van der Waals surface area (Å²) in [6.45, 7) is 6.60. The molecule has 1 rings (SSSR count). The highest BCUT2D eigenvalue weighted by molar-refractivity contribution is 6.31. The summed E-state index contributed by atoms with van der Waals surface area (Å²) in [5.41, 5.74) is 1.56. The SMILES string of the molecule is COCCNCCNC(=O)Cn1nc(C)c(Cl)c1C. The van der Waals surface area contributed by atoms with Crippen molar-refractivity contribution < 1.29 is 9.53 Å². The van der Waals surface area contributed by atoms with Crippen LogP contribution >= 0.6 is 11.6 Å². The topological polar surface area (TPSA) is 68.2 Å². The van der Waals surface area contributed by atoms with Gasteiger partial charge in [0.25, 0.3) is 0 Å². The molecule has 7 heteroatoms. The van der Waals surface area contributed by atoms with Gasteiger partial charge in [-0.15, -0.1) is 0 Å². The van der Waals surface area contributed by atoms with Crippen molar-refractivity contribution in [3.63, 3.8) is 0 Å². The van der Waals surface area contributed by atoms with Crippen molar-refractivity contribution in [2.45, 2.75) is 20.4 Å². The molecule has 0 unspecified atom stereocenters. The summed E-state index contributed by atoms with van der Waals surface area (Å²) < 4.78 is 6.52. The zero-order valence-electron chi connectivity index (χ0n) is 11.6. The summed E-state index contributed by atoms with van der Waals surface area (Å²) in [7, 11) is 1.66. The van der Waals surface area contributed by atoms with Crippen LogP contribution in [0.4, 0.5) is 0 Å². The molecule has 1 heterocycles. The minimum Gasteiger partial charge on any atom is -0.383 e. The molecule has 0 aliphatic rings. The molecule has 0 radical (unpaired) electrons. The molecular formula is C12H21ClN4O2. The number of aromatic nitrogens is 2. The van der Waals surface area contributed by atoms with Crippen LogP contribution < -0.4 is 10.6 Å². The molecule has 0 fully saturated rings. The summed E-state index contributed by atoms with van der Waals surface area (Å²) in [5, 5.41) is 10.8. The lowest BCUT2D eigenvalue weighted by Crippen LogP contribution is -2.35. The van der Waals surface area contributed by atoms with E-state index < -0.39 is 0 Å². The van der Waals surface area contributed by atoms with Crippen LogP contribution in [-0.4, -0.2) is 49.0 Å². The standard InChI is InChI=1S/C12H21ClN4O2/c1-9-12(13)10(2)17(16-9)8-11(18)15-5-4-14-6-7-19-3/h14H,4-8H2,1-3H3,(H,15,18). The first kappa shape index (κ1) is 15.9. The second kappa shape index (κ2) is 8.14. The molecule has 108 valence electrons. The quantitative estimate of drug-likeness (QED) is 0.684. The fourth-order valence-electron chi connectivity index (χ4n) is 1.61. The minimum absolute atomic E-state index is 0.0733. The van der Waals surface area contributed by atoms with E-state index in [1.165, 1.54) is 0 Å². The Bertz CT molecular complexity index is 420. The number of halogens is 1. The number of amides is 1. The lowest BCUT2D eigenvalue weighted by molar-refractivity contribution is -0.121. The zero-order chi connectivity index (χ0) is 14.3. The Kier molecular flexibility index (Phi) is 6.83. The second-order valence-corrected chi connectivity index (χ2v) is 4.61. The minimum atomic E-state index is -0.0733. The van der Waals surface area contributed by atoms with Crippen LogP contribution in [0.5, 0.6) is 0 Å². The predicted molar refractivity (Wildman–Crippen MR) is 74.5 cm³/mol. The fraction of sp³-hybridized carbons (Fsp3) is 0.667. The van der Waals surface area contributed by atoms with Gasteiger partial charge in [-0.25, -0.2) is 0 Å². The van der Waals surface area contributed by atoms with Crippen molar-refractivity contribution in [3.05, 3.63) is 16.4 Å². The number of rotatable bonds is 8. The first-order valence-corrected chi connectivity index (χ1v) is 6.60. The number of ether oxygens (including phenoxy) is 1. The average molecular weight is 289 g/mol. The van der Waals surface area contributed by atoms with Gasteiger partial charge in [-0.1, -0.05) is 11.6 Å². The third kappa shape index (κ3) is 5.18. The van der Waals surface area contributed by atoms with Crippen LogP contribution in [-0.2, 0) is 16.1 Å². The van der Waals surface area contributed by atoms with Crippen molar-refractivity contribution >= 4 is 17.5 Å². The number of carbonyl (C=O) groups is 1. The third-order valence-corrected chi connectivity index (χ3v) is 3.24. The molecule has 0 aliphatic heterocycles. The predicted octanol–water partition coefficient (Wildman–Crippen LogP) is 0.506. The summed E-state index contributed by atoms with van der Waals surface area (Å²) in [6, 6.07) is 0. The first-order valence-electron chi connectivity index (χ1n) is 6.22. The van der Waals surface area contributed by atoms with Crippen LogP contribution in [0.2, 0.25) is 5.02 Å². The molecule has 1 amide bonds. The lowest BCUT2D eigenvalue weighted by atomic mass is 10.4. The molecule has 1 aromatic rings. The smallest absolute Gasteiger partial charge is 0.241 e. The van der Waals surface area contributed by atoms with Crippen molar-refractivity contribution in [1.29, 1.82) is 0 Å². The molecule has 0 aromatic carbocycles. The Morgan fingerprint density at radius 2 is 2.11 bits per heavy atom. The number of methoxy groups -OCH3 is 1. The van der Waals surface area contributed by atoms with E-state index in [2.05, 4.69) is 15.7 Å². The number of nitrogens with one attached hydrogen (secondary N) is 2. The number of carbonyl (C=O) groups excluding carboxylic acids is 1. The van der Waals surface area contributed by atoms with Crippen molar-refractivity contribution in [2.75, 3.05) is 33.4 Å². The van der Waals surface area contributed by atoms with Gasteiger partial charge >= 0.3 is 0 Å². The molecule has 2 N–H and O–H groups in total. The van der Waals surface area contributed by atoms with Crippen LogP contribution in [0.25, 0.3) is 0 Å². The average Bonchev–Trinajstić information content (AvgIpc) is 2.61. The summed E-state index contributed by atoms with van der Waals surface area (Å²) in [6.07, 6.45) is 0. The van der Waals surface area contributed by atoms with E-state index in [4.69, 9.17) is 16.3 Å². The Balaban J connectivity index is 2.26. The van der Waals surface area contributed by atoms with Gasteiger partial charge in [-0.3, -0.25) is 9.48 Å². The summed E-state index contributed by atoms with van der Waals surface area (Å²) >= 11 is 6.02. The van der Waals surface area contributed by atoms with Gasteiger partial charge < -0.3 is 15.4 Å². The maximum Gasteiger partial charge on any atom is 0.241 e.